The molecule has 6 nitrogen and oxygen atoms in total. The van der Waals surface area contributed by atoms with E-state index in [9.17, 15) is 14.3 Å². The fourth-order valence-electron chi connectivity index (χ4n) is 2.75. The van der Waals surface area contributed by atoms with Crippen LogP contribution in [0.3, 0.4) is 0 Å². The van der Waals surface area contributed by atoms with E-state index in [4.69, 9.17) is 0 Å². The topological polar surface area (TPSA) is 84.9 Å². The van der Waals surface area contributed by atoms with Crippen molar-refractivity contribution in [2.24, 2.45) is 0 Å². The van der Waals surface area contributed by atoms with Gasteiger partial charge in [0.25, 0.3) is 0 Å². The molecule has 2 N–H and O–H groups in total. The van der Waals surface area contributed by atoms with Gasteiger partial charge in [-0.05, 0) is 38.5 Å². The van der Waals surface area contributed by atoms with E-state index in [2.05, 4.69) is 28.2 Å². The van der Waals surface area contributed by atoms with E-state index in [-0.39, 0.29) is 13.0 Å². The Morgan fingerprint density at radius 2 is 1.39 bits per heavy atom. The Kier molecular flexibility index (Phi) is 19.2. The van der Waals surface area contributed by atoms with Crippen LogP contribution in [-0.2, 0) is 18.5 Å². The number of amides is 1. The van der Waals surface area contributed by atoms with E-state index in [0.717, 1.165) is 32.1 Å². The molecule has 0 bridgehead atoms. The molecule has 0 radical (unpaired) electrons. The molecular formula is C21H42NO5P. The molecule has 0 spiro atoms. The van der Waals surface area contributed by atoms with E-state index in [1.54, 1.807) is 0 Å². The summed E-state index contributed by atoms with van der Waals surface area (Å²) < 4.78 is 20.5. The Morgan fingerprint density at radius 1 is 0.857 bits per heavy atom. The third kappa shape index (κ3) is 20.1. The molecule has 0 aliphatic carbocycles. The van der Waals surface area contributed by atoms with Gasteiger partial charge in [-0.2, -0.15) is 4.62 Å². The summed E-state index contributed by atoms with van der Waals surface area (Å²) in [7, 11) is -4.18. The number of nitrogens with one attached hydrogen (secondary N) is 1. The normalized spacial score (nSPS) is 13.7. The van der Waals surface area contributed by atoms with Gasteiger partial charge in [-0.25, -0.2) is 10.0 Å². The average Bonchev–Trinajstić information content (AvgIpc) is 2.68. The van der Waals surface area contributed by atoms with E-state index in [1.165, 1.54) is 51.4 Å². The van der Waals surface area contributed by atoms with Crippen molar-refractivity contribution < 1.29 is 23.4 Å². The van der Waals surface area contributed by atoms with Gasteiger partial charge < -0.3 is 4.89 Å². The van der Waals surface area contributed by atoms with Crippen molar-refractivity contribution in [3.63, 3.8) is 0 Å². The smallest absolute Gasteiger partial charge is 0.301 e. The summed E-state index contributed by atoms with van der Waals surface area (Å²) in [5, 5.41) is 0. The van der Waals surface area contributed by atoms with Gasteiger partial charge in [0.2, 0.25) is 5.91 Å². The third-order valence-corrected chi connectivity index (χ3v) is 5.23. The molecule has 0 aromatic carbocycles. The minimum Gasteiger partial charge on any atom is -0.301 e. The summed E-state index contributed by atoms with van der Waals surface area (Å²) in [6, 6.07) is 0. The van der Waals surface area contributed by atoms with Gasteiger partial charge in [-0.15, -0.1) is 0 Å². The van der Waals surface area contributed by atoms with Crippen LogP contribution in [0.4, 0.5) is 0 Å². The summed E-state index contributed by atoms with van der Waals surface area (Å²) in [5.74, 6) is -0.396. The van der Waals surface area contributed by atoms with Crippen molar-refractivity contribution in [1.29, 1.82) is 0 Å². The van der Waals surface area contributed by atoms with Crippen molar-refractivity contribution in [3.8, 4) is 0 Å². The molecule has 0 saturated heterocycles. The second-order valence-corrected chi connectivity index (χ2v) is 8.63. The quantitative estimate of drug-likeness (QED) is 0.100. The second kappa shape index (κ2) is 19.6. The first kappa shape index (κ1) is 27.3. The summed E-state index contributed by atoms with van der Waals surface area (Å²) in [6.45, 7) is 4.17. The van der Waals surface area contributed by atoms with E-state index in [0.29, 0.717) is 6.42 Å². The Hall–Kier alpha value is -0.680. The van der Waals surface area contributed by atoms with Crippen LogP contribution < -0.4 is 5.48 Å². The molecule has 166 valence electrons. The highest BCUT2D eigenvalue weighted by atomic mass is 31.2. The molecule has 1 unspecified atom stereocenters. The molecule has 1 amide bonds. The highest BCUT2D eigenvalue weighted by Gasteiger charge is 2.22. The maximum Gasteiger partial charge on any atom is 0.493 e. The number of phosphoric acid groups is 1. The monoisotopic (exact) mass is 419 g/mol. The van der Waals surface area contributed by atoms with Gasteiger partial charge in [0.05, 0.1) is 6.61 Å². The molecule has 7 heteroatoms. The van der Waals surface area contributed by atoms with Crippen LogP contribution in [0, 0.1) is 0 Å². The summed E-state index contributed by atoms with van der Waals surface area (Å²) in [5.41, 5.74) is 2.00. The van der Waals surface area contributed by atoms with Gasteiger partial charge in [0.1, 0.15) is 0 Å². The molecule has 0 aromatic heterocycles. The first-order valence-electron chi connectivity index (χ1n) is 11.1. The standard InChI is InChI=1S/C21H42NO5P/c1-3-5-6-7-8-9-10-11-12-13-14-15-16-17-18-19-21(23)22-27-28(24,25)26-20-4-2/h11-12H,3-10,13-20H2,1-2H3,(H,22,23)(H,24,25). The number of rotatable bonds is 20. The zero-order chi connectivity index (χ0) is 20.9. The number of hydroxylamine groups is 1. The number of phosphoric ester groups is 1. The molecule has 0 aliphatic rings. The number of carbonyl (C=O) groups excluding carboxylic acids is 1. The highest BCUT2D eigenvalue weighted by molar-refractivity contribution is 7.47. The molecule has 0 saturated carbocycles. The largest absolute Gasteiger partial charge is 0.493 e. The molecular weight excluding hydrogens is 377 g/mol. The minimum atomic E-state index is -4.18. The maximum absolute atomic E-state index is 11.6. The molecule has 28 heavy (non-hydrogen) atoms. The van der Waals surface area contributed by atoms with Crippen LogP contribution in [0.1, 0.15) is 110 Å². The van der Waals surface area contributed by atoms with E-state index in [1.807, 2.05) is 12.4 Å². The van der Waals surface area contributed by atoms with Gasteiger partial charge in [0, 0.05) is 6.42 Å². The SMILES string of the molecule is CCCCCCCCC=CCCCCCCCC(=O)NOP(=O)(O)OCCC. The van der Waals surface area contributed by atoms with Crippen LogP contribution in [0.2, 0.25) is 0 Å². The molecule has 1 atom stereocenters. The Bertz CT molecular complexity index is 443. The number of allylic oxidation sites excluding steroid dienone is 2. The molecule has 0 aromatic rings. The fraction of sp³-hybridized carbons (Fsp3) is 0.857. The first-order valence-corrected chi connectivity index (χ1v) is 12.6. The lowest BCUT2D eigenvalue weighted by Gasteiger charge is -2.11. The van der Waals surface area contributed by atoms with Crippen molar-refractivity contribution >= 4 is 13.7 Å². The predicted octanol–water partition coefficient (Wildman–Crippen LogP) is 6.60. The lowest BCUT2D eigenvalue weighted by atomic mass is 10.1. The Balaban J connectivity index is 3.39. The van der Waals surface area contributed by atoms with Gasteiger partial charge in [-0.3, -0.25) is 9.32 Å². The summed E-state index contributed by atoms with van der Waals surface area (Å²) in [4.78, 5) is 20.9. The average molecular weight is 420 g/mol. The predicted molar refractivity (Wildman–Crippen MR) is 115 cm³/mol. The zero-order valence-electron chi connectivity index (χ0n) is 18.0. The van der Waals surface area contributed by atoms with Gasteiger partial charge >= 0.3 is 7.82 Å². The zero-order valence-corrected chi connectivity index (χ0v) is 18.9. The van der Waals surface area contributed by atoms with Crippen LogP contribution in [0.15, 0.2) is 12.2 Å². The second-order valence-electron chi connectivity index (χ2n) is 7.25. The Labute approximate surface area is 172 Å². The molecule has 0 heterocycles. The summed E-state index contributed by atoms with van der Waals surface area (Å²) in [6.07, 6.45) is 21.1. The lowest BCUT2D eigenvalue weighted by Crippen LogP contribution is -2.22. The lowest BCUT2D eigenvalue weighted by molar-refractivity contribution is -0.128. The van der Waals surface area contributed by atoms with Crippen molar-refractivity contribution in [2.45, 2.75) is 110 Å². The van der Waals surface area contributed by atoms with Crippen molar-refractivity contribution in [3.05, 3.63) is 12.2 Å². The Morgan fingerprint density at radius 3 is 1.96 bits per heavy atom. The number of hydrogen-bond donors (Lipinski definition) is 2. The van der Waals surface area contributed by atoms with Crippen LogP contribution in [0.25, 0.3) is 0 Å². The van der Waals surface area contributed by atoms with E-state index >= 15 is 0 Å². The molecule has 0 fully saturated rings. The maximum atomic E-state index is 11.6. The number of hydrogen-bond acceptors (Lipinski definition) is 4. The van der Waals surface area contributed by atoms with Crippen molar-refractivity contribution in [2.75, 3.05) is 6.61 Å². The fourth-order valence-corrected chi connectivity index (χ4v) is 3.43. The minimum absolute atomic E-state index is 0.109. The van der Waals surface area contributed by atoms with Crippen LogP contribution in [-0.4, -0.2) is 17.4 Å². The molecule has 0 rings (SSSR count). The highest BCUT2D eigenvalue weighted by Crippen LogP contribution is 2.41. The van der Waals surface area contributed by atoms with Gasteiger partial charge in [-0.1, -0.05) is 77.4 Å². The van der Waals surface area contributed by atoms with E-state index < -0.39 is 13.7 Å². The van der Waals surface area contributed by atoms with Crippen molar-refractivity contribution in [1.82, 2.24) is 5.48 Å². The number of unbranched alkanes of at least 4 members (excludes halogenated alkanes) is 11. The first-order chi connectivity index (χ1) is 13.5. The van der Waals surface area contributed by atoms with Crippen LogP contribution >= 0.6 is 7.82 Å². The van der Waals surface area contributed by atoms with Gasteiger partial charge in [0.15, 0.2) is 0 Å². The summed E-state index contributed by atoms with van der Waals surface area (Å²) >= 11 is 0. The van der Waals surface area contributed by atoms with Crippen LogP contribution in [0.5, 0.6) is 0 Å². The number of carbonyl (C=O) groups is 1. The molecule has 0 aliphatic heterocycles. The third-order valence-electron chi connectivity index (χ3n) is 4.40.